The topological polar surface area (TPSA) is 24.9 Å². The third-order valence-electron chi connectivity index (χ3n) is 3.37. The molecule has 1 atom stereocenters. The summed E-state index contributed by atoms with van der Waals surface area (Å²) in [6.07, 6.45) is 6.00. The Bertz CT molecular complexity index is 280. The molecule has 0 spiro atoms. The molecule has 1 rings (SSSR count). The molecule has 0 aromatic carbocycles. The van der Waals surface area contributed by atoms with Crippen molar-refractivity contribution < 1.29 is 0 Å². The number of nitrogens with zero attached hydrogens (tertiary/aromatic N) is 1. The Morgan fingerprint density at radius 1 is 1.47 bits per heavy atom. The summed E-state index contributed by atoms with van der Waals surface area (Å²) < 4.78 is 0. The maximum absolute atomic E-state index is 4.15. The van der Waals surface area contributed by atoms with Gasteiger partial charge in [-0.1, -0.05) is 26.8 Å². The molecule has 0 bridgehead atoms. The molecule has 0 fully saturated rings. The zero-order valence-electron chi connectivity index (χ0n) is 10.2. The molecule has 1 aromatic rings. The quantitative estimate of drug-likeness (QED) is 0.801. The minimum atomic E-state index is 0.324. The molecule has 0 aliphatic carbocycles. The molecule has 1 N–H and O–H groups in total. The predicted molar refractivity (Wildman–Crippen MR) is 64.9 cm³/mol. The predicted octanol–water partition coefficient (Wildman–Crippen LogP) is 2.65. The van der Waals surface area contributed by atoms with Crippen LogP contribution in [0.5, 0.6) is 0 Å². The highest BCUT2D eigenvalue weighted by Gasteiger charge is 2.26. The number of rotatable bonds is 5. The van der Waals surface area contributed by atoms with Crippen LogP contribution < -0.4 is 5.32 Å². The Morgan fingerprint density at radius 2 is 2.20 bits per heavy atom. The fraction of sp³-hybridized carbons (Fsp3) is 0.615. The van der Waals surface area contributed by atoms with Crippen LogP contribution in [0.2, 0.25) is 0 Å². The van der Waals surface area contributed by atoms with Crippen molar-refractivity contribution in [2.45, 2.75) is 39.7 Å². The van der Waals surface area contributed by atoms with Gasteiger partial charge in [0, 0.05) is 18.4 Å². The van der Waals surface area contributed by atoms with Crippen molar-refractivity contribution in [3.63, 3.8) is 0 Å². The van der Waals surface area contributed by atoms with Crippen LogP contribution in [0.1, 0.15) is 32.8 Å². The third kappa shape index (κ3) is 3.31. The van der Waals surface area contributed by atoms with Crippen LogP contribution in [0, 0.1) is 5.41 Å². The van der Waals surface area contributed by atoms with Crippen molar-refractivity contribution in [3.8, 4) is 0 Å². The van der Waals surface area contributed by atoms with Crippen LogP contribution in [0.25, 0.3) is 0 Å². The van der Waals surface area contributed by atoms with Gasteiger partial charge in [0.2, 0.25) is 0 Å². The van der Waals surface area contributed by atoms with E-state index in [9.17, 15) is 0 Å². The van der Waals surface area contributed by atoms with E-state index in [1.165, 1.54) is 12.0 Å². The molecular formula is C13H22N2. The third-order valence-corrected chi connectivity index (χ3v) is 3.37. The number of aromatic nitrogens is 1. The summed E-state index contributed by atoms with van der Waals surface area (Å²) in [5.74, 6) is 0. The lowest BCUT2D eigenvalue weighted by molar-refractivity contribution is 0.240. The molecule has 84 valence electrons. The van der Waals surface area contributed by atoms with Crippen LogP contribution in [0.15, 0.2) is 24.5 Å². The van der Waals surface area contributed by atoms with Gasteiger partial charge in [-0.15, -0.1) is 0 Å². The minimum Gasteiger partial charge on any atom is -0.316 e. The summed E-state index contributed by atoms with van der Waals surface area (Å²) in [6.45, 7) is 6.86. The van der Waals surface area contributed by atoms with Gasteiger partial charge in [0.15, 0.2) is 0 Å². The Balaban J connectivity index is 2.70. The van der Waals surface area contributed by atoms with E-state index in [1.54, 1.807) is 0 Å². The molecule has 0 radical (unpaired) electrons. The van der Waals surface area contributed by atoms with E-state index in [0.717, 1.165) is 6.42 Å². The van der Waals surface area contributed by atoms with Crippen LogP contribution >= 0.6 is 0 Å². The molecule has 0 aliphatic rings. The van der Waals surface area contributed by atoms with Crippen molar-refractivity contribution in [2.75, 3.05) is 7.05 Å². The largest absolute Gasteiger partial charge is 0.316 e. The fourth-order valence-electron chi connectivity index (χ4n) is 1.77. The van der Waals surface area contributed by atoms with Crippen LogP contribution in [0.4, 0.5) is 0 Å². The normalized spacial score (nSPS) is 13.9. The molecule has 1 heterocycles. The number of hydrogen-bond donors (Lipinski definition) is 1. The molecule has 1 unspecified atom stereocenters. The van der Waals surface area contributed by atoms with Crippen molar-refractivity contribution in [1.29, 1.82) is 0 Å². The van der Waals surface area contributed by atoms with Crippen LogP contribution in [-0.2, 0) is 6.42 Å². The van der Waals surface area contributed by atoms with Crippen LogP contribution in [0.3, 0.4) is 0 Å². The van der Waals surface area contributed by atoms with Gasteiger partial charge in [0.25, 0.3) is 0 Å². The molecular weight excluding hydrogens is 184 g/mol. The number of nitrogens with one attached hydrogen (secondary N) is 1. The Labute approximate surface area is 93.1 Å². The van der Waals surface area contributed by atoms with Crippen molar-refractivity contribution >= 4 is 0 Å². The van der Waals surface area contributed by atoms with E-state index >= 15 is 0 Å². The lowest BCUT2D eigenvalue weighted by Crippen LogP contribution is -2.41. The zero-order valence-corrected chi connectivity index (χ0v) is 10.2. The second kappa shape index (κ2) is 5.26. The van der Waals surface area contributed by atoms with Gasteiger partial charge < -0.3 is 5.32 Å². The standard InChI is InChI=1S/C13H22N2/c1-5-13(2,3)12(14-4)9-11-7-6-8-15-10-11/h6-8,10,12,14H,5,9H2,1-4H3. The van der Waals surface area contributed by atoms with E-state index < -0.39 is 0 Å². The molecule has 0 saturated carbocycles. The summed E-state index contributed by atoms with van der Waals surface area (Å²) in [5.41, 5.74) is 1.63. The summed E-state index contributed by atoms with van der Waals surface area (Å²) in [6, 6.07) is 4.65. The number of pyridine rings is 1. The van der Waals surface area contributed by atoms with E-state index in [0.29, 0.717) is 11.5 Å². The van der Waals surface area contributed by atoms with Gasteiger partial charge in [-0.05, 0) is 36.9 Å². The molecule has 0 amide bonds. The molecule has 15 heavy (non-hydrogen) atoms. The molecule has 2 nitrogen and oxygen atoms in total. The minimum absolute atomic E-state index is 0.324. The second-order valence-electron chi connectivity index (χ2n) is 4.75. The second-order valence-corrected chi connectivity index (χ2v) is 4.75. The molecule has 0 aliphatic heterocycles. The van der Waals surface area contributed by atoms with Gasteiger partial charge in [0.05, 0.1) is 0 Å². The molecule has 2 heteroatoms. The van der Waals surface area contributed by atoms with E-state index in [4.69, 9.17) is 0 Å². The average molecular weight is 206 g/mol. The van der Waals surface area contributed by atoms with Gasteiger partial charge >= 0.3 is 0 Å². The van der Waals surface area contributed by atoms with Crippen molar-refractivity contribution in [2.24, 2.45) is 5.41 Å². The number of hydrogen-bond acceptors (Lipinski definition) is 2. The lowest BCUT2D eigenvalue weighted by Gasteiger charge is -2.33. The first kappa shape index (κ1) is 12.2. The van der Waals surface area contributed by atoms with Gasteiger partial charge in [0.1, 0.15) is 0 Å². The highest BCUT2D eigenvalue weighted by atomic mass is 14.9. The van der Waals surface area contributed by atoms with E-state index in [1.807, 2.05) is 25.5 Å². The zero-order chi connectivity index (χ0) is 11.3. The highest BCUT2D eigenvalue weighted by molar-refractivity contribution is 5.11. The van der Waals surface area contributed by atoms with Crippen molar-refractivity contribution in [3.05, 3.63) is 30.1 Å². The van der Waals surface area contributed by atoms with Gasteiger partial charge in [-0.2, -0.15) is 0 Å². The first-order valence-electron chi connectivity index (χ1n) is 5.66. The number of likely N-dealkylation sites (N-methyl/N-ethyl adjacent to an activating group) is 1. The smallest absolute Gasteiger partial charge is 0.0300 e. The fourth-order valence-corrected chi connectivity index (χ4v) is 1.77. The Kier molecular flexibility index (Phi) is 4.28. The monoisotopic (exact) mass is 206 g/mol. The maximum Gasteiger partial charge on any atom is 0.0300 e. The Morgan fingerprint density at radius 3 is 2.67 bits per heavy atom. The summed E-state index contributed by atoms with van der Waals surface area (Å²) >= 11 is 0. The van der Waals surface area contributed by atoms with E-state index in [2.05, 4.69) is 37.1 Å². The van der Waals surface area contributed by atoms with Gasteiger partial charge in [-0.3, -0.25) is 4.98 Å². The Hall–Kier alpha value is -0.890. The average Bonchev–Trinajstić information content (AvgIpc) is 2.27. The van der Waals surface area contributed by atoms with Gasteiger partial charge in [-0.25, -0.2) is 0 Å². The SMILES string of the molecule is CCC(C)(C)C(Cc1cccnc1)NC. The van der Waals surface area contributed by atoms with Crippen molar-refractivity contribution in [1.82, 2.24) is 10.3 Å². The summed E-state index contributed by atoms with van der Waals surface area (Å²) in [4.78, 5) is 4.15. The molecule has 1 aromatic heterocycles. The van der Waals surface area contributed by atoms with E-state index in [-0.39, 0.29) is 0 Å². The van der Waals surface area contributed by atoms with Crippen LogP contribution in [-0.4, -0.2) is 18.1 Å². The maximum atomic E-state index is 4.15. The first-order chi connectivity index (χ1) is 7.10. The summed E-state index contributed by atoms with van der Waals surface area (Å²) in [7, 11) is 2.04. The highest BCUT2D eigenvalue weighted by Crippen LogP contribution is 2.26. The lowest BCUT2D eigenvalue weighted by atomic mass is 9.79. The first-order valence-corrected chi connectivity index (χ1v) is 5.66. The summed E-state index contributed by atoms with van der Waals surface area (Å²) in [5, 5.41) is 3.41. The molecule has 0 saturated heterocycles.